The van der Waals surface area contributed by atoms with E-state index in [9.17, 15) is 0 Å². The van der Waals surface area contributed by atoms with Gasteiger partial charge in [-0.05, 0) is 37.5 Å². The first-order chi connectivity index (χ1) is 8.02. The predicted molar refractivity (Wildman–Crippen MR) is 75.2 cm³/mol. The van der Waals surface area contributed by atoms with Gasteiger partial charge in [0.25, 0.3) is 0 Å². The Labute approximate surface area is 106 Å². The number of allylic oxidation sites excluding steroid dienone is 3. The van der Waals surface area contributed by atoms with Crippen LogP contribution >= 0.6 is 0 Å². The minimum Gasteiger partial charge on any atom is -0.402 e. The third-order valence-corrected chi connectivity index (χ3v) is 2.70. The fraction of sp³-hybridized carbons (Fsp3) is 0.692. The third-order valence-electron chi connectivity index (χ3n) is 2.70. The van der Waals surface area contributed by atoms with Crippen LogP contribution < -0.4 is 22.1 Å². The van der Waals surface area contributed by atoms with E-state index < -0.39 is 0 Å². The summed E-state index contributed by atoms with van der Waals surface area (Å²) in [6.07, 6.45) is 4.80. The number of hydrogen-bond acceptors (Lipinski definition) is 4. The van der Waals surface area contributed by atoms with Gasteiger partial charge in [-0.25, -0.2) is 0 Å². The highest BCUT2D eigenvalue weighted by atomic mass is 15.0. The Balaban J connectivity index is 0.00000121. The Kier molecular flexibility index (Phi) is 7.46. The molecule has 4 nitrogen and oxygen atoms in total. The standard InChI is InChI=1S/C11H22N4.C2H6/c1-9(12)3-4-10(13)15-8-11(2)5-6-14-7-11;1-2/h3-4,14-15H,5-8,12-13H2,1-2H3;1-2H3/b9-3-,10-4+;. The molecule has 1 fully saturated rings. The third kappa shape index (κ3) is 6.89. The Bertz CT molecular complexity index is 259. The molecule has 0 radical (unpaired) electrons. The highest BCUT2D eigenvalue weighted by Crippen LogP contribution is 2.22. The normalized spacial score (nSPS) is 25.2. The van der Waals surface area contributed by atoms with Crippen LogP contribution in [-0.2, 0) is 0 Å². The highest BCUT2D eigenvalue weighted by Gasteiger charge is 2.27. The Hall–Kier alpha value is -1.16. The maximum absolute atomic E-state index is 5.79. The lowest BCUT2D eigenvalue weighted by Gasteiger charge is -2.23. The summed E-state index contributed by atoms with van der Waals surface area (Å²) in [7, 11) is 0. The summed E-state index contributed by atoms with van der Waals surface area (Å²) in [5.74, 6) is 0.674. The van der Waals surface area contributed by atoms with Crippen LogP contribution in [0, 0.1) is 5.41 Å². The van der Waals surface area contributed by atoms with Gasteiger partial charge in [0.15, 0.2) is 0 Å². The van der Waals surface area contributed by atoms with Crippen molar-refractivity contribution in [3.63, 3.8) is 0 Å². The number of nitrogens with two attached hydrogens (primary N) is 2. The average molecular weight is 240 g/mol. The molecule has 0 bridgehead atoms. The Morgan fingerprint density at radius 1 is 1.35 bits per heavy atom. The van der Waals surface area contributed by atoms with E-state index in [4.69, 9.17) is 11.5 Å². The molecule has 1 aliphatic heterocycles. The van der Waals surface area contributed by atoms with E-state index >= 15 is 0 Å². The van der Waals surface area contributed by atoms with E-state index in [2.05, 4.69) is 17.6 Å². The fourth-order valence-electron chi connectivity index (χ4n) is 1.62. The van der Waals surface area contributed by atoms with E-state index in [1.54, 1.807) is 12.2 Å². The largest absolute Gasteiger partial charge is 0.402 e. The Morgan fingerprint density at radius 3 is 2.47 bits per heavy atom. The molecule has 100 valence electrons. The molecule has 1 saturated heterocycles. The van der Waals surface area contributed by atoms with Gasteiger partial charge in [0.1, 0.15) is 0 Å². The molecule has 1 unspecified atom stereocenters. The molecule has 4 heteroatoms. The molecule has 0 aromatic heterocycles. The summed E-state index contributed by atoms with van der Waals surface area (Å²) in [5, 5.41) is 6.57. The van der Waals surface area contributed by atoms with Gasteiger partial charge in [0, 0.05) is 18.8 Å². The van der Waals surface area contributed by atoms with Crippen molar-refractivity contribution in [2.24, 2.45) is 16.9 Å². The Morgan fingerprint density at radius 2 is 2.00 bits per heavy atom. The second-order valence-electron chi connectivity index (χ2n) is 4.62. The summed E-state index contributed by atoms with van der Waals surface area (Å²) in [5.41, 5.74) is 12.4. The topological polar surface area (TPSA) is 76.1 Å². The second-order valence-corrected chi connectivity index (χ2v) is 4.62. The zero-order valence-corrected chi connectivity index (χ0v) is 11.6. The number of hydrogen-bond donors (Lipinski definition) is 4. The van der Waals surface area contributed by atoms with Crippen molar-refractivity contribution >= 4 is 0 Å². The van der Waals surface area contributed by atoms with Crippen molar-refractivity contribution < 1.29 is 0 Å². The SMILES string of the molecule is C/C(N)=C/C=C(\N)NCC1(C)CCNC1.CC. The molecule has 0 saturated carbocycles. The first-order valence-electron chi connectivity index (χ1n) is 6.36. The van der Waals surface area contributed by atoms with E-state index in [0.717, 1.165) is 25.3 Å². The summed E-state index contributed by atoms with van der Waals surface area (Å²) < 4.78 is 0. The molecule has 0 aromatic rings. The molecule has 1 atom stereocenters. The molecule has 0 aromatic carbocycles. The van der Waals surface area contributed by atoms with Crippen LogP contribution in [0.15, 0.2) is 23.7 Å². The first kappa shape index (κ1) is 15.8. The number of nitrogens with one attached hydrogen (secondary N) is 2. The molecule has 1 heterocycles. The summed E-state index contributed by atoms with van der Waals surface area (Å²) in [6, 6.07) is 0. The molecule has 1 rings (SSSR count). The van der Waals surface area contributed by atoms with Crippen molar-refractivity contribution in [1.82, 2.24) is 10.6 Å². The lowest BCUT2D eigenvalue weighted by Crippen LogP contribution is -2.35. The van der Waals surface area contributed by atoms with Crippen LogP contribution in [-0.4, -0.2) is 19.6 Å². The zero-order valence-electron chi connectivity index (χ0n) is 11.6. The smallest absolute Gasteiger partial charge is 0.0960 e. The average Bonchev–Trinajstić information content (AvgIpc) is 2.74. The molecule has 0 amide bonds. The highest BCUT2D eigenvalue weighted by molar-refractivity contribution is 5.12. The fourth-order valence-corrected chi connectivity index (χ4v) is 1.62. The van der Waals surface area contributed by atoms with E-state index in [1.165, 1.54) is 6.42 Å². The van der Waals surface area contributed by atoms with Crippen LogP contribution in [0.4, 0.5) is 0 Å². The maximum atomic E-state index is 5.79. The maximum Gasteiger partial charge on any atom is 0.0960 e. The van der Waals surface area contributed by atoms with Gasteiger partial charge in [-0.1, -0.05) is 20.8 Å². The van der Waals surface area contributed by atoms with Crippen molar-refractivity contribution in [2.75, 3.05) is 19.6 Å². The van der Waals surface area contributed by atoms with Gasteiger partial charge in [0.2, 0.25) is 0 Å². The lowest BCUT2D eigenvalue weighted by molar-refractivity contribution is 0.352. The van der Waals surface area contributed by atoms with Gasteiger partial charge in [-0.2, -0.15) is 0 Å². The monoisotopic (exact) mass is 240 g/mol. The van der Waals surface area contributed by atoms with Gasteiger partial charge in [-0.3, -0.25) is 0 Å². The molecule has 17 heavy (non-hydrogen) atoms. The minimum atomic E-state index is 0.319. The van der Waals surface area contributed by atoms with Gasteiger partial charge in [0.05, 0.1) is 5.82 Å². The molecule has 1 aliphatic rings. The molecule has 0 spiro atoms. The summed E-state index contributed by atoms with van der Waals surface area (Å²) >= 11 is 0. The van der Waals surface area contributed by atoms with Gasteiger partial charge in [-0.15, -0.1) is 0 Å². The van der Waals surface area contributed by atoms with Crippen LogP contribution in [0.3, 0.4) is 0 Å². The lowest BCUT2D eigenvalue weighted by atomic mass is 9.90. The van der Waals surface area contributed by atoms with Gasteiger partial charge >= 0.3 is 0 Å². The van der Waals surface area contributed by atoms with Crippen LogP contribution in [0.25, 0.3) is 0 Å². The van der Waals surface area contributed by atoms with Crippen molar-refractivity contribution in [2.45, 2.75) is 34.1 Å². The minimum absolute atomic E-state index is 0.319. The van der Waals surface area contributed by atoms with Crippen molar-refractivity contribution in [3.8, 4) is 0 Å². The summed E-state index contributed by atoms with van der Waals surface area (Å²) in [6.45, 7) is 11.2. The summed E-state index contributed by atoms with van der Waals surface area (Å²) in [4.78, 5) is 0. The number of rotatable bonds is 4. The quantitative estimate of drug-likeness (QED) is 0.558. The van der Waals surface area contributed by atoms with E-state index in [0.29, 0.717) is 11.2 Å². The molecule has 6 N–H and O–H groups in total. The van der Waals surface area contributed by atoms with Crippen LogP contribution in [0.1, 0.15) is 34.1 Å². The predicted octanol–water partition coefficient (Wildman–Crippen LogP) is 1.26. The van der Waals surface area contributed by atoms with Gasteiger partial charge < -0.3 is 22.1 Å². The first-order valence-corrected chi connectivity index (χ1v) is 6.36. The van der Waals surface area contributed by atoms with Crippen molar-refractivity contribution in [1.29, 1.82) is 0 Å². The molecular formula is C13H28N4. The molecular weight excluding hydrogens is 212 g/mol. The van der Waals surface area contributed by atoms with Crippen LogP contribution in [0.5, 0.6) is 0 Å². The van der Waals surface area contributed by atoms with E-state index in [1.807, 2.05) is 20.8 Å². The second kappa shape index (κ2) is 8.01. The van der Waals surface area contributed by atoms with E-state index in [-0.39, 0.29) is 0 Å². The zero-order chi connectivity index (χ0) is 13.3. The van der Waals surface area contributed by atoms with Crippen LogP contribution in [0.2, 0.25) is 0 Å². The molecule has 0 aliphatic carbocycles. The van der Waals surface area contributed by atoms with Crippen molar-refractivity contribution in [3.05, 3.63) is 23.7 Å².